The Labute approximate surface area is 471 Å². The predicted molar refractivity (Wildman–Crippen MR) is 309 cm³/mol. The molecule has 10 saturated carbocycles. The minimum atomic E-state index is -3.55. The number of fused-ring (bicyclic) bond motifs is 14. The van der Waals surface area contributed by atoms with E-state index < -0.39 is 20.9 Å². The molecule has 0 aliphatic heterocycles. The smallest absolute Gasteiger partial charge is 0.264 e. The molecular formula is C64H109N3O10S. The molecule has 446 valence electrons. The van der Waals surface area contributed by atoms with Crippen molar-refractivity contribution < 1.29 is 48.5 Å². The molecule has 78 heavy (non-hydrogen) atoms. The van der Waals surface area contributed by atoms with Gasteiger partial charge in [-0.1, -0.05) is 91.4 Å². The monoisotopic (exact) mass is 1110 g/mol. The molecule has 0 heterocycles. The van der Waals surface area contributed by atoms with Gasteiger partial charge in [0.1, 0.15) is 0 Å². The van der Waals surface area contributed by atoms with E-state index in [1.807, 2.05) is 0 Å². The van der Waals surface area contributed by atoms with Crippen molar-refractivity contribution in [3.05, 3.63) is 24.3 Å². The first-order chi connectivity index (χ1) is 36.6. The highest BCUT2D eigenvalue weighted by atomic mass is 32.2. The fourth-order valence-corrected chi connectivity index (χ4v) is 23.8. The molecular weight excluding hydrogens is 1000 g/mol. The van der Waals surface area contributed by atoms with Crippen LogP contribution in [0.5, 0.6) is 0 Å². The Balaban J connectivity index is 0.000000194. The van der Waals surface area contributed by atoms with Crippen LogP contribution in [0.15, 0.2) is 34.6 Å². The normalized spacial score (nSPS) is 50.1. The number of aliphatic hydroxyl groups excluding tert-OH is 5. The van der Waals surface area contributed by atoms with Gasteiger partial charge in [-0.05, 0) is 243 Å². The first-order valence-corrected chi connectivity index (χ1v) is 32.8. The number of rotatable bonds is 11. The van der Waals surface area contributed by atoms with Crippen molar-refractivity contribution in [1.29, 1.82) is 0 Å². The fraction of sp³-hybridized carbons (Fsp3) is 0.906. The van der Waals surface area contributed by atoms with Crippen LogP contribution in [0.25, 0.3) is 0 Å². The molecule has 9 N–H and O–H groups in total. The van der Waals surface area contributed by atoms with Crippen LogP contribution < -0.4 is 5.73 Å². The Bertz CT molecular complexity index is 2400. The molecule has 0 amide bonds. The fourth-order valence-electron chi connectivity index (χ4n) is 23.5. The van der Waals surface area contributed by atoms with E-state index in [9.17, 15) is 39.3 Å². The van der Waals surface area contributed by atoms with Crippen LogP contribution in [0.3, 0.4) is 0 Å². The molecule has 0 aromatic carbocycles. The van der Waals surface area contributed by atoms with E-state index in [-0.39, 0.29) is 94.1 Å². The van der Waals surface area contributed by atoms with Crippen LogP contribution in [0.1, 0.15) is 197 Å². The van der Waals surface area contributed by atoms with Crippen LogP contribution in [0, 0.1) is 113 Å². The van der Waals surface area contributed by atoms with Gasteiger partial charge in [-0.2, -0.15) is 8.42 Å². The van der Waals surface area contributed by atoms with Crippen LogP contribution in [-0.2, 0) is 14.3 Å². The third-order valence-electron chi connectivity index (χ3n) is 28.0. The summed E-state index contributed by atoms with van der Waals surface area (Å²) in [7, 11) is -3.55. The van der Waals surface area contributed by atoms with Crippen LogP contribution in [0.2, 0.25) is 0 Å². The van der Waals surface area contributed by atoms with Gasteiger partial charge in [0.2, 0.25) is 0 Å². The van der Waals surface area contributed by atoms with Gasteiger partial charge in [-0.25, -0.2) is 0 Å². The minimum absolute atomic E-state index is 0.0103. The second kappa shape index (κ2) is 21.9. The standard InChI is InChI=1S/C31H51NO6S.C31H51NO3.C2H7NO/c1-20(17-38-39(6,36)37)21-9-14-31(19-34)16-15-29(4)22(26(21)31)7-8-24-27(2)12-11-25(32-35)28(3,18-33)23(27)10-13-30(24,29)5;1-7-20(2)21-10-15-31(19-34)17-16-29(5)22(26(21)31)8-9-24-27(3)13-12-25(32-35)28(4,18-33)23(27)11-14-30(24,29)6;3-1-2-4/h21-24,26,33-35H,1,7-19H2,2-6H3;21-24,26,33-35H,2,7-19H2,1,3-6H3;4H,1-3H2/b2*32-25-;/t2*21-,22+,23+,24+,26+,27-,28-,29+,30+,31+;/m00./s1. The predicted octanol–water partition coefficient (Wildman–Crippen LogP) is 11.2. The molecule has 14 heteroatoms. The minimum Gasteiger partial charge on any atom is -0.411 e. The summed E-state index contributed by atoms with van der Waals surface area (Å²) in [6.07, 6.45) is 23.6. The summed E-state index contributed by atoms with van der Waals surface area (Å²) in [6.45, 7) is 31.8. The quantitative estimate of drug-likeness (QED) is 0.0419. The summed E-state index contributed by atoms with van der Waals surface area (Å²) in [4.78, 5) is 0. The third kappa shape index (κ3) is 9.05. The van der Waals surface area contributed by atoms with E-state index >= 15 is 0 Å². The zero-order valence-electron chi connectivity index (χ0n) is 50.2. The van der Waals surface area contributed by atoms with Gasteiger partial charge in [0.05, 0.1) is 44.1 Å². The van der Waals surface area contributed by atoms with Gasteiger partial charge in [0.15, 0.2) is 0 Å². The maximum Gasteiger partial charge on any atom is 0.264 e. The van der Waals surface area contributed by atoms with E-state index in [4.69, 9.17) is 15.0 Å². The van der Waals surface area contributed by atoms with Gasteiger partial charge in [0, 0.05) is 30.6 Å². The first kappa shape index (κ1) is 62.1. The van der Waals surface area contributed by atoms with Gasteiger partial charge in [-0.3, -0.25) is 4.18 Å². The van der Waals surface area contributed by atoms with Gasteiger partial charge in [0.25, 0.3) is 10.1 Å². The summed E-state index contributed by atoms with van der Waals surface area (Å²) >= 11 is 0. The lowest BCUT2D eigenvalue weighted by atomic mass is 9.32. The number of allylic oxidation sites excluding steroid dienone is 1. The van der Waals surface area contributed by atoms with E-state index in [0.29, 0.717) is 54.6 Å². The molecule has 0 bridgehead atoms. The molecule has 0 unspecified atom stereocenters. The summed E-state index contributed by atoms with van der Waals surface area (Å²) in [6, 6.07) is 0. The molecule has 20 atom stereocenters. The molecule has 0 radical (unpaired) electrons. The van der Waals surface area contributed by atoms with Crippen LogP contribution >= 0.6 is 0 Å². The Morgan fingerprint density at radius 1 is 0.551 bits per heavy atom. The van der Waals surface area contributed by atoms with Gasteiger partial charge >= 0.3 is 0 Å². The van der Waals surface area contributed by atoms with E-state index in [2.05, 4.69) is 85.8 Å². The van der Waals surface area contributed by atoms with Crippen molar-refractivity contribution in [2.75, 3.05) is 52.4 Å². The molecule has 0 saturated heterocycles. The SMILES string of the molecule is C=C(CC)[C@@H]1CC[C@]2(CO)CC[C@]3(C)[C@H](CC[C@@H]4[C@@]5(C)CC/C(=N/O)[C@@](C)(CO)[C@@H]5CC[C@]43C)[C@@H]12.C=C(COS(C)(=O)=O)[C@@H]1CC[C@]2(CO)CC[C@]3(C)[C@H](CC[C@@H]4[C@@]5(C)CC/C(=N/O)[C@@](C)(CO)[C@@H]5CC[C@]43C)[C@@H]12.NCCO. The number of nitrogens with zero attached hydrogens (tertiary/aromatic N) is 2. The molecule has 0 aromatic rings. The second-order valence-electron chi connectivity index (χ2n) is 30.1. The lowest BCUT2D eigenvalue weighted by molar-refractivity contribution is -0.233. The summed E-state index contributed by atoms with van der Waals surface area (Å²) in [5.41, 5.74) is 8.62. The zero-order chi connectivity index (χ0) is 57.5. The van der Waals surface area contributed by atoms with Crippen molar-refractivity contribution in [2.24, 2.45) is 129 Å². The summed E-state index contributed by atoms with van der Waals surface area (Å²) < 4.78 is 28.7. The Morgan fingerprint density at radius 3 is 1.28 bits per heavy atom. The summed E-state index contributed by atoms with van der Waals surface area (Å²) in [5.74, 6) is 4.44. The molecule has 13 nitrogen and oxygen atoms in total. The molecule has 0 spiro atoms. The van der Waals surface area contributed by atoms with Crippen LogP contribution in [0.4, 0.5) is 0 Å². The first-order valence-electron chi connectivity index (χ1n) is 31.0. The van der Waals surface area contributed by atoms with E-state index in [1.54, 1.807) is 0 Å². The van der Waals surface area contributed by atoms with E-state index in [0.717, 1.165) is 120 Å². The van der Waals surface area contributed by atoms with Crippen LogP contribution in [-0.4, -0.2) is 108 Å². The van der Waals surface area contributed by atoms with Crippen molar-refractivity contribution in [3.63, 3.8) is 0 Å². The highest BCUT2D eigenvalue weighted by Crippen LogP contribution is 2.79. The highest BCUT2D eigenvalue weighted by molar-refractivity contribution is 7.86. The van der Waals surface area contributed by atoms with Crippen molar-refractivity contribution >= 4 is 21.5 Å². The Morgan fingerprint density at radius 2 is 0.949 bits per heavy atom. The maximum absolute atomic E-state index is 11.7. The van der Waals surface area contributed by atoms with Gasteiger partial charge < -0.3 is 41.7 Å². The lowest BCUT2D eigenvalue weighted by Gasteiger charge is -2.72. The summed E-state index contributed by atoms with van der Waals surface area (Å²) in [5, 5.41) is 77.4. The number of oxime groups is 2. The number of hydrogen-bond donors (Lipinski definition) is 8. The maximum atomic E-state index is 11.7. The average Bonchev–Trinajstić information content (AvgIpc) is 1.97. The molecule has 10 aliphatic rings. The Kier molecular flexibility index (Phi) is 17.5. The van der Waals surface area contributed by atoms with Crippen molar-refractivity contribution in [3.8, 4) is 0 Å². The third-order valence-corrected chi connectivity index (χ3v) is 28.6. The number of nitrogens with two attached hydrogens (primary N) is 1. The number of aliphatic hydroxyl groups is 5. The average molecular weight is 1110 g/mol. The highest BCUT2D eigenvalue weighted by Gasteiger charge is 2.73. The molecule has 10 fully saturated rings. The Hall–Kier alpha value is -1.91. The molecule has 0 aromatic heterocycles. The second-order valence-corrected chi connectivity index (χ2v) is 31.8. The van der Waals surface area contributed by atoms with Crippen molar-refractivity contribution in [1.82, 2.24) is 0 Å². The number of hydrogen-bond acceptors (Lipinski definition) is 13. The largest absolute Gasteiger partial charge is 0.411 e. The van der Waals surface area contributed by atoms with E-state index in [1.165, 1.54) is 44.1 Å². The lowest BCUT2D eigenvalue weighted by Crippen LogP contribution is -2.67. The van der Waals surface area contributed by atoms with Crippen molar-refractivity contribution in [2.45, 2.75) is 197 Å². The zero-order valence-corrected chi connectivity index (χ0v) is 51.0. The molecule has 10 rings (SSSR count). The topological polar surface area (TPSA) is 236 Å². The van der Waals surface area contributed by atoms with Gasteiger partial charge in [-0.15, -0.1) is 0 Å². The molecule has 10 aliphatic carbocycles.